The molecule has 2 aromatic heterocycles. The Morgan fingerprint density at radius 2 is 1.81 bits per heavy atom. The predicted octanol–water partition coefficient (Wildman–Crippen LogP) is 3.61. The maximum absolute atomic E-state index is 13.5. The van der Waals surface area contributed by atoms with Crippen molar-refractivity contribution in [2.45, 2.75) is 52.7 Å². The Kier molecular flexibility index (Phi) is 5.76. The lowest BCUT2D eigenvalue weighted by molar-refractivity contribution is -0.128. The molecule has 162 valence electrons. The molecule has 7 heteroatoms. The fourth-order valence-corrected chi connectivity index (χ4v) is 4.36. The van der Waals surface area contributed by atoms with Crippen molar-refractivity contribution in [1.29, 1.82) is 0 Å². The number of hydrogen-bond donors (Lipinski definition) is 1. The summed E-state index contributed by atoms with van der Waals surface area (Å²) in [6.45, 7) is 8.63. The summed E-state index contributed by atoms with van der Waals surface area (Å²) in [6, 6.07) is 12.4. The van der Waals surface area contributed by atoms with Crippen LogP contribution in [0.1, 0.15) is 61.9 Å². The first-order valence-electron chi connectivity index (χ1n) is 10.9. The molecule has 0 radical (unpaired) electrons. The minimum absolute atomic E-state index is 0.0342. The number of benzene rings is 1. The first kappa shape index (κ1) is 21.0. The Bertz CT molecular complexity index is 1100. The highest BCUT2D eigenvalue weighted by atomic mass is 16.2. The molecular formula is C24H29N5O2. The second kappa shape index (κ2) is 8.49. The van der Waals surface area contributed by atoms with Crippen LogP contribution in [0.15, 0.2) is 48.7 Å². The van der Waals surface area contributed by atoms with Gasteiger partial charge in [-0.1, -0.05) is 52.0 Å². The van der Waals surface area contributed by atoms with E-state index in [2.05, 4.69) is 29.4 Å². The third-order valence-corrected chi connectivity index (χ3v) is 5.76. The second-order valence-electron chi connectivity index (χ2n) is 8.96. The lowest BCUT2D eigenvalue weighted by Crippen LogP contribution is -2.51. The summed E-state index contributed by atoms with van der Waals surface area (Å²) in [5, 5.41) is 11.8. The van der Waals surface area contributed by atoms with Crippen LogP contribution in [0.3, 0.4) is 0 Å². The van der Waals surface area contributed by atoms with E-state index >= 15 is 0 Å². The highest BCUT2D eigenvalue weighted by Crippen LogP contribution is 2.28. The normalized spacial score (nSPS) is 15.5. The van der Waals surface area contributed by atoms with Gasteiger partial charge in [0.05, 0.1) is 6.04 Å². The van der Waals surface area contributed by atoms with Crippen LogP contribution in [0, 0.1) is 11.8 Å². The fraction of sp³-hybridized carbons (Fsp3) is 0.417. The molecule has 1 aliphatic heterocycles. The van der Waals surface area contributed by atoms with Crippen LogP contribution in [-0.4, -0.2) is 37.4 Å². The predicted molar refractivity (Wildman–Crippen MR) is 118 cm³/mol. The molecule has 1 N–H and O–H groups in total. The molecule has 0 unspecified atom stereocenters. The molecule has 2 atom stereocenters. The Balaban J connectivity index is 1.62. The van der Waals surface area contributed by atoms with Crippen LogP contribution >= 0.6 is 0 Å². The minimum Gasteiger partial charge on any atom is -0.344 e. The number of amides is 2. The first-order chi connectivity index (χ1) is 14.9. The molecule has 31 heavy (non-hydrogen) atoms. The van der Waals surface area contributed by atoms with Crippen LogP contribution < -0.4 is 5.32 Å². The van der Waals surface area contributed by atoms with E-state index < -0.39 is 6.04 Å². The molecule has 7 nitrogen and oxygen atoms in total. The average molecular weight is 420 g/mol. The summed E-state index contributed by atoms with van der Waals surface area (Å²) in [4.78, 5) is 28.3. The van der Waals surface area contributed by atoms with Crippen molar-refractivity contribution >= 4 is 17.5 Å². The first-order valence-corrected chi connectivity index (χ1v) is 10.9. The van der Waals surface area contributed by atoms with Crippen molar-refractivity contribution in [3.05, 3.63) is 65.6 Å². The number of nitrogens with zero attached hydrogens (tertiary/aromatic N) is 4. The van der Waals surface area contributed by atoms with Gasteiger partial charge in [0, 0.05) is 18.3 Å². The van der Waals surface area contributed by atoms with Crippen molar-refractivity contribution in [2.75, 3.05) is 0 Å². The Hall–Kier alpha value is -3.22. The van der Waals surface area contributed by atoms with Gasteiger partial charge in [0.2, 0.25) is 5.91 Å². The van der Waals surface area contributed by atoms with Gasteiger partial charge in [-0.3, -0.25) is 14.0 Å². The smallest absolute Gasteiger partial charge is 0.255 e. The quantitative estimate of drug-likeness (QED) is 0.634. The van der Waals surface area contributed by atoms with E-state index in [1.54, 1.807) is 4.90 Å². The largest absolute Gasteiger partial charge is 0.344 e. The number of aromatic nitrogens is 3. The van der Waals surface area contributed by atoms with Gasteiger partial charge in [-0.05, 0) is 42.0 Å². The topological polar surface area (TPSA) is 79.6 Å². The zero-order chi connectivity index (χ0) is 22.1. The Morgan fingerprint density at radius 3 is 2.52 bits per heavy atom. The maximum atomic E-state index is 13.5. The SMILES string of the molecule is CC(C)C[C@H](NC(=O)[C@H](C(C)C)N1Cc2ccccc2C1=O)c1nnc2ccccn12. The monoisotopic (exact) mass is 419 g/mol. The molecule has 2 amide bonds. The van der Waals surface area contributed by atoms with E-state index in [-0.39, 0.29) is 23.8 Å². The van der Waals surface area contributed by atoms with Gasteiger partial charge in [-0.2, -0.15) is 0 Å². The number of rotatable bonds is 7. The summed E-state index contributed by atoms with van der Waals surface area (Å²) < 4.78 is 1.91. The molecule has 0 aliphatic carbocycles. The van der Waals surface area contributed by atoms with Crippen LogP contribution in [0.5, 0.6) is 0 Å². The van der Waals surface area contributed by atoms with Crippen molar-refractivity contribution in [3.63, 3.8) is 0 Å². The lowest BCUT2D eigenvalue weighted by Gasteiger charge is -2.31. The number of fused-ring (bicyclic) bond motifs is 2. The number of carbonyl (C=O) groups is 2. The molecular weight excluding hydrogens is 390 g/mol. The zero-order valence-electron chi connectivity index (χ0n) is 18.4. The standard InChI is InChI=1S/C24H29N5O2/c1-15(2)13-19(22-27-26-20-11-7-8-12-28(20)22)25-23(30)21(16(3)4)29-14-17-9-5-6-10-18(17)24(29)31/h5-12,15-16,19,21H,13-14H2,1-4H3,(H,25,30)/t19-,21-/m0/s1. The lowest BCUT2D eigenvalue weighted by atomic mass is 9.99. The number of nitrogens with one attached hydrogen (secondary N) is 1. The summed E-state index contributed by atoms with van der Waals surface area (Å²) in [6.07, 6.45) is 2.63. The number of pyridine rings is 1. The van der Waals surface area contributed by atoms with Gasteiger partial charge in [-0.15, -0.1) is 10.2 Å². The van der Waals surface area contributed by atoms with E-state index in [0.717, 1.165) is 17.6 Å². The zero-order valence-corrected chi connectivity index (χ0v) is 18.4. The van der Waals surface area contributed by atoms with Crippen molar-refractivity contribution in [1.82, 2.24) is 24.8 Å². The third kappa shape index (κ3) is 4.04. The van der Waals surface area contributed by atoms with E-state index in [1.165, 1.54) is 0 Å². The van der Waals surface area contributed by atoms with Gasteiger partial charge in [-0.25, -0.2) is 0 Å². The Morgan fingerprint density at radius 1 is 1.06 bits per heavy atom. The van der Waals surface area contributed by atoms with E-state index in [0.29, 0.717) is 23.9 Å². The molecule has 0 spiro atoms. The molecule has 4 rings (SSSR count). The van der Waals surface area contributed by atoms with Gasteiger partial charge < -0.3 is 10.2 Å². The Labute approximate surface area is 182 Å². The fourth-order valence-electron chi connectivity index (χ4n) is 4.36. The van der Waals surface area contributed by atoms with Crippen LogP contribution in [-0.2, 0) is 11.3 Å². The van der Waals surface area contributed by atoms with Crippen molar-refractivity contribution in [2.24, 2.45) is 11.8 Å². The van der Waals surface area contributed by atoms with Crippen LogP contribution in [0.4, 0.5) is 0 Å². The van der Waals surface area contributed by atoms with Gasteiger partial charge in [0.15, 0.2) is 11.5 Å². The van der Waals surface area contributed by atoms with Crippen LogP contribution in [0.2, 0.25) is 0 Å². The van der Waals surface area contributed by atoms with Gasteiger partial charge in [0.25, 0.3) is 5.91 Å². The summed E-state index contributed by atoms with van der Waals surface area (Å²) in [5.41, 5.74) is 2.39. The summed E-state index contributed by atoms with van der Waals surface area (Å²) in [7, 11) is 0. The maximum Gasteiger partial charge on any atom is 0.255 e. The van der Waals surface area contributed by atoms with E-state index in [1.807, 2.05) is 66.9 Å². The van der Waals surface area contributed by atoms with E-state index in [4.69, 9.17) is 0 Å². The van der Waals surface area contributed by atoms with E-state index in [9.17, 15) is 9.59 Å². The van der Waals surface area contributed by atoms with Crippen molar-refractivity contribution < 1.29 is 9.59 Å². The minimum atomic E-state index is -0.561. The van der Waals surface area contributed by atoms with Crippen LogP contribution in [0.25, 0.3) is 5.65 Å². The number of carbonyl (C=O) groups excluding carboxylic acids is 2. The summed E-state index contributed by atoms with van der Waals surface area (Å²) >= 11 is 0. The molecule has 0 saturated heterocycles. The molecule has 3 heterocycles. The van der Waals surface area contributed by atoms with Crippen molar-refractivity contribution in [3.8, 4) is 0 Å². The average Bonchev–Trinajstić information content (AvgIpc) is 3.29. The molecule has 0 fully saturated rings. The molecule has 1 aliphatic rings. The molecule has 1 aromatic carbocycles. The highest BCUT2D eigenvalue weighted by Gasteiger charge is 2.39. The van der Waals surface area contributed by atoms with Gasteiger partial charge >= 0.3 is 0 Å². The molecule has 0 bridgehead atoms. The van der Waals surface area contributed by atoms with Gasteiger partial charge in [0.1, 0.15) is 6.04 Å². The second-order valence-corrected chi connectivity index (χ2v) is 8.96. The molecule has 0 saturated carbocycles. The number of hydrogen-bond acceptors (Lipinski definition) is 4. The summed E-state index contributed by atoms with van der Waals surface area (Å²) in [5.74, 6) is 0.771. The third-order valence-electron chi connectivity index (χ3n) is 5.76. The highest BCUT2D eigenvalue weighted by molar-refractivity contribution is 6.01. The molecule has 3 aromatic rings.